The van der Waals surface area contributed by atoms with Crippen molar-refractivity contribution in [3.8, 4) is 0 Å². The van der Waals surface area contributed by atoms with Crippen LogP contribution in [0.3, 0.4) is 0 Å². The van der Waals surface area contributed by atoms with Gasteiger partial charge in [0.05, 0.1) is 12.7 Å². The maximum absolute atomic E-state index is 5.33. The molecule has 78 valence electrons. The Morgan fingerprint density at radius 3 is 2.87 bits per heavy atom. The highest BCUT2D eigenvalue weighted by molar-refractivity contribution is 5.36. The molecule has 1 N–H and O–H groups in total. The zero-order chi connectivity index (χ0) is 10.7. The average molecular weight is 203 g/mol. The van der Waals surface area contributed by atoms with Crippen molar-refractivity contribution in [1.82, 2.24) is 9.97 Å². The summed E-state index contributed by atoms with van der Waals surface area (Å²) in [5.41, 5.74) is 1.18. The van der Waals surface area contributed by atoms with Crippen molar-refractivity contribution in [2.75, 3.05) is 5.32 Å². The van der Waals surface area contributed by atoms with Crippen molar-refractivity contribution in [1.29, 1.82) is 0 Å². The number of aryl methyl sites for hydroxylation is 2. The molecule has 2 heterocycles. The fraction of sp³-hybridized carbons (Fsp3) is 0.273. The van der Waals surface area contributed by atoms with Crippen LogP contribution in [0.1, 0.15) is 17.2 Å². The number of nitrogens with one attached hydrogen (secondary N) is 1. The zero-order valence-corrected chi connectivity index (χ0v) is 8.82. The van der Waals surface area contributed by atoms with Gasteiger partial charge in [0.15, 0.2) is 0 Å². The molecule has 0 aliphatic rings. The van der Waals surface area contributed by atoms with E-state index in [9.17, 15) is 0 Å². The molecule has 0 fully saturated rings. The van der Waals surface area contributed by atoms with E-state index in [0.29, 0.717) is 12.4 Å². The molecule has 4 nitrogen and oxygen atoms in total. The Bertz CT molecular complexity index is 451. The maximum atomic E-state index is 5.33. The van der Waals surface area contributed by atoms with Gasteiger partial charge in [0.2, 0.25) is 5.89 Å². The Balaban J connectivity index is 1.99. The fourth-order valence-corrected chi connectivity index (χ4v) is 1.28. The van der Waals surface area contributed by atoms with Gasteiger partial charge in [-0.1, -0.05) is 0 Å². The van der Waals surface area contributed by atoms with Crippen LogP contribution in [-0.4, -0.2) is 9.97 Å². The Morgan fingerprint density at radius 1 is 1.33 bits per heavy atom. The molecule has 2 rings (SSSR count). The number of hydrogen-bond acceptors (Lipinski definition) is 4. The average Bonchev–Trinajstić information content (AvgIpc) is 2.62. The Morgan fingerprint density at radius 2 is 2.20 bits per heavy atom. The molecule has 0 amide bonds. The van der Waals surface area contributed by atoms with Gasteiger partial charge in [0.25, 0.3) is 0 Å². The van der Waals surface area contributed by atoms with Crippen LogP contribution in [0.15, 0.2) is 28.9 Å². The predicted octanol–water partition coefficient (Wildman–Crippen LogP) is 2.30. The molecule has 0 aromatic carbocycles. The predicted molar refractivity (Wildman–Crippen MR) is 57.5 cm³/mol. The van der Waals surface area contributed by atoms with Crippen molar-refractivity contribution in [3.05, 3.63) is 41.7 Å². The molecule has 0 aliphatic heterocycles. The van der Waals surface area contributed by atoms with Crippen molar-refractivity contribution in [2.24, 2.45) is 0 Å². The molecule has 0 radical (unpaired) electrons. The van der Waals surface area contributed by atoms with Gasteiger partial charge in [-0.15, -0.1) is 0 Å². The molecular weight excluding hydrogens is 190 g/mol. The second kappa shape index (κ2) is 4.13. The molecular formula is C11H13N3O. The topological polar surface area (TPSA) is 51.0 Å². The van der Waals surface area contributed by atoms with Gasteiger partial charge in [0, 0.05) is 6.20 Å². The molecule has 0 unspecified atom stereocenters. The highest BCUT2D eigenvalue weighted by Crippen LogP contribution is 2.08. The van der Waals surface area contributed by atoms with Gasteiger partial charge in [-0.25, -0.2) is 9.97 Å². The summed E-state index contributed by atoms with van der Waals surface area (Å²) < 4.78 is 5.33. The molecule has 0 saturated carbocycles. The van der Waals surface area contributed by atoms with E-state index in [1.54, 1.807) is 12.4 Å². The summed E-state index contributed by atoms with van der Waals surface area (Å²) in [6, 6.07) is 3.94. The van der Waals surface area contributed by atoms with E-state index in [0.717, 1.165) is 11.6 Å². The van der Waals surface area contributed by atoms with Crippen LogP contribution < -0.4 is 5.32 Å². The van der Waals surface area contributed by atoms with Crippen LogP contribution in [0.4, 0.5) is 5.82 Å². The fourth-order valence-electron chi connectivity index (χ4n) is 1.28. The number of nitrogens with zero attached hydrogens (tertiary/aromatic N) is 2. The molecule has 2 aromatic heterocycles. The van der Waals surface area contributed by atoms with Gasteiger partial charge in [-0.3, -0.25) is 0 Å². The van der Waals surface area contributed by atoms with Crippen molar-refractivity contribution < 1.29 is 4.42 Å². The summed E-state index contributed by atoms with van der Waals surface area (Å²) in [4.78, 5) is 8.28. The molecule has 0 bridgehead atoms. The lowest BCUT2D eigenvalue weighted by Crippen LogP contribution is -2.01. The van der Waals surface area contributed by atoms with E-state index in [1.807, 2.05) is 26.0 Å². The lowest BCUT2D eigenvalue weighted by Gasteiger charge is -2.02. The van der Waals surface area contributed by atoms with E-state index in [-0.39, 0.29) is 0 Å². The third-order valence-electron chi connectivity index (χ3n) is 2.01. The van der Waals surface area contributed by atoms with Crippen molar-refractivity contribution in [2.45, 2.75) is 20.4 Å². The summed E-state index contributed by atoms with van der Waals surface area (Å²) >= 11 is 0. The van der Waals surface area contributed by atoms with Crippen LogP contribution in [0.2, 0.25) is 0 Å². The highest BCUT2D eigenvalue weighted by Gasteiger charge is 2.00. The zero-order valence-electron chi connectivity index (χ0n) is 8.82. The monoisotopic (exact) mass is 203 g/mol. The Labute approximate surface area is 88.4 Å². The lowest BCUT2D eigenvalue weighted by molar-refractivity contribution is 0.479. The first-order valence-electron chi connectivity index (χ1n) is 4.82. The number of hydrogen-bond donors (Lipinski definition) is 1. The number of anilines is 1. The second-order valence-electron chi connectivity index (χ2n) is 3.44. The van der Waals surface area contributed by atoms with Crippen LogP contribution in [-0.2, 0) is 6.54 Å². The molecule has 4 heteroatoms. The largest absolute Gasteiger partial charge is 0.444 e. The molecule has 0 atom stereocenters. The van der Waals surface area contributed by atoms with Crippen molar-refractivity contribution >= 4 is 5.82 Å². The van der Waals surface area contributed by atoms with Gasteiger partial charge >= 0.3 is 0 Å². The normalized spacial score (nSPS) is 10.3. The van der Waals surface area contributed by atoms with Crippen LogP contribution >= 0.6 is 0 Å². The molecule has 15 heavy (non-hydrogen) atoms. The van der Waals surface area contributed by atoms with Crippen LogP contribution in [0.5, 0.6) is 0 Å². The molecule has 2 aromatic rings. The minimum Gasteiger partial charge on any atom is -0.444 e. The molecule has 0 spiro atoms. The summed E-state index contributed by atoms with van der Waals surface area (Å²) in [5.74, 6) is 2.34. The minimum atomic E-state index is 0.560. The quantitative estimate of drug-likeness (QED) is 0.831. The SMILES string of the molecule is Cc1ccnc(NCc2ncc(C)o2)c1. The standard InChI is InChI=1S/C11H13N3O/c1-8-3-4-12-10(5-8)13-7-11-14-6-9(2)15-11/h3-6H,7H2,1-2H3,(H,12,13). The Hall–Kier alpha value is -1.84. The van der Waals surface area contributed by atoms with E-state index in [2.05, 4.69) is 15.3 Å². The van der Waals surface area contributed by atoms with Gasteiger partial charge in [-0.05, 0) is 31.5 Å². The number of rotatable bonds is 3. The van der Waals surface area contributed by atoms with E-state index >= 15 is 0 Å². The third kappa shape index (κ3) is 2.56. The number of oxazole rings is 1. The first-order chi connectivity index (χ1) is 7.24. The highest BCUT2D eigenvalue weighted by atomic mass is 16.4. The minimum absolute atomic E-state index is 0.560. The summed E-state index contributed by atoms with van der Waals surface area (Å²) in [6.45, 7) is 4.47. The first-order valence-corrected chi connectivity index (χ1v) is 4.82. The smallest absolute Gasteiger partial charge is 0.213 e. The van der Waals surface area contributed by atoms with Crippen LogP contribution in [0, 0.1) is 13.8 Å². The van der Waals surface area contributed by atoms with Crippen LogP contribution in [0.25, 0.3) is 0 Å². The summed E-state index contributed by atoms with van der Waals surface area (Å²) in [6.07, 6.45) is 3.49. The second-order valence-corrected chi connectivity index (χ2v) is 3.44. The maximum Gasteiger partial charge on any atom is 0.213 e. The van der Waals surface area contributed by atoms with E-state index < -0.39 is 0 Å². The molecule has 0 aliphatic carbocycles. The third-order valence-corrected chi connectivity index (χ3v) is 2.01. The first kappa shape index (κ1) is 9.71. The van der Waals surface area contributed by atoms with Gasteiger partial charge < -0.3 is 9.73 Å². The molecule has 0 saturated heterocycles. The lowest BCUT2D eigenvalue weighted by atomic mass is 10.3. The summed E-state index contributed by atoms with van der Waals surface area (Å²) in [5, 5.41) is 3.15. The van der Waals surface area contributed by atoms with Gasteiger partial charge in [0.1, 0.15) is 11.6 Å². The Kier molecular flexibility index (Phi) is 2.67. The number of pyridine rings is 1. The van der Waals surface area contributed by atoms with E-state index in [1.165, 1.54) is 5.56 Å². The number of aromatic nitrogens is 2. The summed E-state index contributed by atoms with van der Waals surface area (Å²) in [7, 11) is 0. The van der Waals surface area contributed by atoms with E-state index in [4.69, 9.17) is 4.42 Å². The van der Waals surface area contributed by atoms with Gasteiger partial charge in [-0.2, -0.15) is 0 Å². The van der Waals surface area contributed by atoms with Crippen molar-refractivity contribution in [3.63, 3.8) is 0 Å².